The maximum atomic E-state index is 12.7. The number of amides is 2. The van der Waals surface area contributed by atoms with Gasteiger partial charge in [-0.3, -0.25) is 9.59 Å². The first-order chi connectivity index (χ1) is 12.9. The molecule has 3 aliphatic rings. The highest BCUT2D eigenvalue weighted by Gasteiger charge is 2.43. The van der Waals surface area contributed by atoms with Crippen molar-refractivity contribution in [3.8, 4) is 0 Å². The first-order valence-corrected chi connectivity index (χ1v) is 10.1. The Morgan fingerprint density at radius 3 is 2.19 bits per heavy atom. The fourth-order valence-corrected chi connectivity index (χ4v) is 5.17. The molecular weight excluding hydrogens is 346 g/mol. The third-order valence-corrected chi connectivity index (χ3v) is 6.41. The summed E-state index contributed by atoms with van der Waals surface area (Å²) in [4.78, 5) is 28.5. The summed E-state index contributed by atoms with van der Waals surface area (Å²) < 4.78 is 11.5. The van der Waals surface area contributed by atoms with Gasteiger partial charge in [-0.1, -0.05) is 5.16 Å². The van der Waals surface area contributed by atoms with E-state index in [0.717, 1.165) is 38.5 Å². The van der Waals surface area contributed by atoms with Gasteiger partial charge in [0.1, 0.15) is 11.3 Å². The van der Waals surface area contributed by atoms with Crippen molar-refractivity contribution in [2.24, 2.45) is 0 Å². The van der Waals surface area contributed by atoms with Gasteiger partial charge in [0.25, 0.3) is 5.91 Å². The predicted octanol–water partition coefficient (Wildman–Crippen LogP) is 2.45. The van der Waals surface area contributed by atoms with Crippen LogP contribution in [-0.2, 0) is 9.53 Å². The van der Waals surface area contributed by atoms with E-state index in [-0.39, 0.29) is 24.0 Å². The van der Waals surface area contributed by atoms with E-state index in [1.165, 1.54) is 0 Å². The van der Waals surface area contributed by atoms with Crippen molar-refractivity contribution >= 4 is 11.8 Å². The van der Waals surface area contributed by atoms with E-state index in [4.69, 9.17) is 9.26 Å². The van der Waals surface area contributed by atoms with Gasteiger partial charge in [-0.2, -0.15) is 0 Å². The molecule has 148 valence electrons. The fourth-order valence-electron chi connectivity index (χ4n) is 5.17. The number of hydrogen-bond acceptors (Lipinski definition) is 5. The molecule has 2 amide bonds. The number of hydrogen-bond donors (Lipinski definition) is 0. The van der Waals surface area contributed by atoms with Crippen molar-refractivity contribution in [1.82, 2.24) is 15.0 Å². The van der Waals surface area contributed by atoms with Crippen LogP contribution in [0, 0.1) is 13.8 Å². The molecule has 1 aromatic heterocycles. The zero-order chi connectivity index (χ0) is 19.1. The highest BCUT2D eigenvalue weighted by Crippen LogP contribution is 2.37. The zero-order valence-electron chi connectivity index (χ0n) is 16.4. The van der Waals surface area contributed by atoms with Gasteiger partial charge in [0.15, 0.2) is 0 Å². The summed E-state index contributed by atoms with van der Waals surface area (Å²) in [6.45, 7) is 6.67. The maximum Gasteiger partial charge on any atom is 0.259 e. The normalized spacial score (nSPS) is 28.6. The number of carbonyl (C=O) groups excluding carboxylic acids is 2. The molecule has 7 heteroatoms. The quantitative estimate of drug-likeness (QED) is 0.811. The SMILES string of the molecule is CC(=O)N1[C@@H]2CC[C@H]1CC(OC1CCN(C(=O)c3c(C)noc3C)CC1)C2. The summed E-state index contributed by atoms with van der Waals surface area (Å²) in [5.74, 6) is 0.799. The van der Waals surface area contributed by atoms with Crippen LogP contribution in [0.3, 0.4) is 0 Å². The second-order valence-electron chi connectivity index (χ2n) is 8.23. The van der Waals surface area contributed by atoms with E-state index in [1.807, 2.05) is 4.90 Å². The number of aromatic nitrogens is 1. The van der Waals surface area contributed by atoms with E-state index in [2.05, 4.69) is 10.1 Å². The third kappa shape index (κ3) is 3.49. The molecule has 1 unspecified atom stereocenters. The Bertz CT molecular complexity index is 689. The van der Waals surface area contributed by atoms with E-state index >= 15 is 0 Å². The van der Waals surface area contributed by atoms with Gasteiger partial charge in [-0.15, -0.1) is 0 Å². The molecule has 7 nitrogen and oxygen atoms in total. The Balaban J connectivity index is 1.29. The molecule has 3 fully saturated rings. The molecule has 0 aliphatic carbocycles. The van der Waals surface area contributed by atoms with Gasteiger partial charge >= 0.3 is 0 Å². The summed E-state index contributed by atoms with van der Waals surface area (Å²) in [5.41, 5.74) is 1.26. The minimum Gasteiger partial charge on any atom is -0.375 e. The number of nitrogens with zero attached hydrogens (tertiary/aromatic N) is 3. The van der Waals surface area contributed by atoms with Crippen LogP contribution in [0.2, 0.25) is 0 Å². The zero-order valence-corrected chi connectivity index (χ0v) is 16.4. The van der Waals surface area contributed by atoms with Gasteiger partial charge in [0.2, 0.25) is 5.91 Å². The number of likely N-dealkylation sites (tertiary alicyclic amines) is 1. The van der Waals surface area contributed by atoms with Crippen molar-refractivity contribution in [1.29, 1.82) is 0 Å². The molecule has 1 aromatic rings. The number of aryl methyl sites for hydroxylation is 2. The predicted molar refractivity (Wildman–Crippen MR) is 98.3 cm³/mol. The number of ether oxygens (including phenoxy) is 1. The Labute approximate surface area is 160 Å². The van der Waals surface area contributed by atoms with Crippen LogP contribution in [0.1, 0.15) is 67.3 Å². The van der Waals surface area contributed by atoms with Crippen LogP contribution in [0.4, 0.5) is 0 Å². The van der Waals surface area contributed by atoms with Gasteiger partial charge < -0.3 is 19.1 Å². The number of rotatable bonds is 3. The molecule has 0 saturated carbocycles. The van der Waals surface area contributed by atoms with E-state index in [1.54, 1.807) is 20.8 Å². The fraction of sp³-hybridized carbons (Fsp3) is 0.750. The highest BCUT2D eigenvalue weighted by molar-refractivity contribution is 5.96. The van der Waals surface area contributed by atoms with Crippen LogP contribution < -0.4 is 0 Å². The Hall–Kier alpha value is -1.89. The summed E-state index contributed by atoms with van der Waals surface area (Å²) in [6, 6.07) is 0.708. The molecule has 3 atom stereocenters. The lowest BCUT2D eigenvalue weighted by Crippen LogP contribution is -2.49. The van der Waals surface area contributed by atoms with Crippen molar-refractivity contribution < 1.29 is 18.8 Å². The van der Waals surface area contributed by atoms with Crippen LogP contribution in [0.5, 0.6) is 0 Å². The molecule has 4 rings (SSSR count). The largest absolute Gasteiger partial charge is 0.375 e. The lowest BCUT2D eigenvalue weighted by Gasteiger charge is -2.41. The van der Waals surface area contributed by atoms with Gasteiger partial charge in [0, 0.05) is 32.1 Å². The Kier molecular flexibility index (Phi) is 4.97. The first kappa shape index (κ1) is 18.5. The third-order valence-electron chi connectivity index (χ3n) is 6.41. The number of piperidine rings is 2. The average molecular weight is 375 g/mol. The Morgan fingerprint density at radius 2 is 1.67 bits per heavy atom. The van der Waals surface area contributed by atoms with Crippen molar-refractivity contribution in [3.05, 3.63) is 17.0 Å². The summed E-state index contributed by atoms with van der Waals surface area (Å²) in [5, 5.41) is 3.89. The number of carbonyl (C=O) groups is 2. The molecule has 0 radical (unpaired) electrons. The lowest BCUT2D eigenvalue weighted by molar-refractivity contribution is -0.138. The topological polar surface area (TPSA) is 75.9 Å². The highest BCUT2D eigenvalue weighted by atomic mass is 16.5. The van der Waals surface area contributed by atoms with Crippen molar-refractivity contribution in [3.63, 3.8) is 0 Å². The van der Waals surface area contributed by atoms with Gasteiger partial charge in [-0.05, 0) is 52.4 Å². The molecule has 0 spiro atoms. The van der Waals surface area contributed by atoms with Crippen molar-refractivity contribution in [2.75, 3.05) is 13.1 Å². The second-order valence-corrected chi connectivity index (χ2v) is 8.23. The minimum absolute atomic E-state index is 0.0116. The van der Waals surface area contributed by atoms with E-state index < -0.39 is 0 Å². The smallest absolute Gasteiger partial charge is 0.259 e. The van der Waals surface area contributed by atoms with Crippen LogP contribution in [0.15, 0.2) is 4.52 Å². The first-order valence-electron chi connectivity index (χ1n) is 10.1. The molecule has 0 N–H and O–H groups in total. The average Bonchev–Trinajstić information content (AvgIpc) is 3.11. The van der Waals surface area contributed by atoms with Crippen molar-refractivity contribution in [2.45, 2.75) is 83.6 Å². The van der Waals surface area contributed by atoms with Gasteiger partial charge in [-0.25, -0.2) is 0 Å². The van der Waals surface area contributed by atoms with Crippen LogP contribution in [-0.4, -0.2) is 64.2 Å². The molecular formula is C20H29N3O4. The molecule has 3 aliphatic heterocycles. The maximum absolute atomic E-state index is 12.7. The molecule has 2 bridgehead atoms. The molecule has 4 heterocycles. The second kappa shape index (κ2) is 7.26. The minimum atomic E-state index is 0.0116. The molecule has 3 saturated heterocycles. The molecule has 0 aromatic carbocycles. The van der Waals surface area contributed by atoms with Crippen LogP contribution in [0.25, 0.3) is 0 Å². The monoisotopic (exact) mass is 375 g/mol. The standard InChI is InChI=1S/C20H29N3O4/c1-12-19(13(2)27-21-12)20(25)22-8-6-17(7-9-22)26-18-10-15-4-5-16(11-18)23(15)14(3)24/h15-18H,4-11H2,1-3H3/t15-,16+,18?. The van der Waals surface area contributed by atoms with Gasteiger partial charge in [0.05, 0.1) is 17.9 Å². The summed E-state index contributed by atoms with van der Waals surface area (Å²) in [6.07, 6.45) is 6.28. The summed E-state index contributed by atoms with van der Waals surface area (Å²) >= 11 is 0. The lowest BCUT2D eigenvalue weighted by atomic mass is 9.98. The number of fused-ring (bicyclic) bond motifs is 2. The summed E-state index contributed by atoms with van der Waals surface area (Å²) in [7, 11) is 0. The molecule has 27 heavy (non-hydrogen) atoms. The Morgan fingerprint density at radius 1 is 1.04 bits per heavy atom. The van der Waals surface area contributed by atoms with E-state index in [0.29, 0.717) is 42.2 Å². The van der Waals surface area contributed by atoms with Crippen LogP contribution >= 0.6 is 0 Å². The van der Waals surface area contributed by atoms with E-state index in [9.17, 15) is 9.59 Å².